The molecule has 27 heavy (non-hydrogen) atoms. The summed E-state index contributed by atoms with van der Waals surface area (Å²) in [5.74, 6) is 0.734. The number of nitrogens with one attached hydrogen (secondary N) is 3. The number of rotatable bonds is 5. The Bertz CT molecular complexity index is 1050. The molecule has 11 heteroatoms. The number of amides is 2. The minimum atomic E-state index is -3.24. The monoisotopic (exact) mass is 387 g/mol. The molecule has 0 aliphatic carbocycles. The highest BCUT2D eigenvalue weighted by Gasteiger charge is 2.11. The Kier molecular flexibility index (Phi) is 5.03. The molecule has 0 unspecified atom stereocenters. The highest BCUT2D eigenvalue weighted by Crippen LogP contribution is 2.20. The molecule has 1 aromatic carbocycles. The molecule has 0 aliphatic heterocycles. The van der Waals surface area contributed by atoms with Crippen LogP contribution < -0.4 is 16.4 Å². The molecule has 5 N–H and O–H groups in total. The van der Waals surface area contributed by atoms with Gasteiger partial charge in [0.25, 0.3) is 0 Å². The highest BCUT2D eigenvalue weighted by molar-refractivity contribution is 7.89. The summed E-state index contributed by atoms with van der Waals surface area (Å²) in [5.41, 5.74) is 7.26. The van der Waals surface area contributed by atoms with Gasteiger partial charge in [0.2, 0.25) is 0 Å². The summed E-state index contributed by atoms with van der Waals surface area (Å²) in [6.45, 7) is 0. The van der Waals surface area contributed by atoms with Gasteiger partial charge in [0.05, 0.1) is 17.6 Å². The van der Waals surface area contributed by atoms with E-state index in [0.717, 1.165) is 6.26 Å². The van der Waals surface area contributed by atoms with Crippen molar-refractivity contribution >= 4 is 33.2 Å². The Balaban J connectivity index is 1.74. The van der Waals surface area contributed by atoms with Crippen LogP contribution in [0.5, 0.6) is 0 Å². The Hall–Kier alpha value is -3.47. The smallest absolute Gasteiger partial charge is 0.324 e. The number of hydrogen-bond donors (Lipinski definition) is 4. The van der Waals surface area contributed by atoms with Crippen molar-refractivity contribution in [1.82, 2.24) is 20.2 Å². The second-order valence-corrected chi connectivity index (χ2v) is 7.94. The molecule has 0 spiro atoms. The molecule has 2 amide bonds. The lowest BCUT2D eigenvalue weighted by Gasteiger charge is -2.08. The zero-order valence-corrected chi connectivity index (χ0v) is 15.1. The van der Waals surface area contributed by atoms with E-state index < -0.39 is 15.9 Å². The molecule has 0 aliphatic rings. The van der Waals surface area contributed by atoms with Gasteiger partial charge in [-0.2, -0.15) is 5.10 Å². The van der Waals surface area contributed by atoms with Gasteiger partial charge >= 0.3 is 6.03 Å². The fourth-order valence-electron chi connectivity index (χ4n) is 2.30. The van der Waals surface area contributed by atoms with Gasteiger partial charge in [-0.3, -0.25) is 10.4 Å². The minimum Gasteiger partial charge on any atom is -0.384 e. The van der Waals surface area contributed by atoms with Crippen molar-refractivity contribution in [3.05, 3.63) is 48.3 Å². The fraction of sp³-hybridized carbons (Fsp3) is 0.125. The molecule has 0 radical (unpaired) electrons. The molecule has 3 rings (SSSR count). The van der Waals surface area contributed by atoms with E-state index in [9.17, 15) is 13.2 Å². The molecule has 2 aromatic heterocycles. The van der Waals surface area contributed by atoms with Gasteiger partial charge in [0.1, 0.15) is 11.6 Å². The summed E-state index contributed by atoms with van der Waals surface area (Å²) in [7, 11) is -3.24. The van der Waals surface area contributed by atoms with Gasteiger partial charge in [0.15, 0.2) is 15.7 Å². The number of urea groups is 1. The van der Waals surface area contributed by atoms with Crippen LogP contribution in [-0.2, 0) is 15.6 Å². The van der Waals surface area contributed by atoms with Crippen LogP contribution in [-0.4, -0.2) is 40.9 Å². The SMILES string of the molecule is CS(=O)(=O)Cc1cc(N)nc(-c2ccc(NC(=O)Nc3ccn[nH]3)cc2)n1. The maximum Gasteiger partial charge on any atom is 0.324 e. The third kappa shape index (κ3) is 5.25. The zero-order valence-electron chi connectivity index (χ0n) is 14.3. The van der Waals surface area contributed by atoms with Crippen LogP contribution in [0.25, 0.3) is 11.4 Å². The summed E-state index contributed by atoms with van der Waals surface area (Å²) < 4.78 is 22.9. The van der Waals surface area contributed by atoms with Gasteiger partial charge in [0, 0.05) is 29.6 Å². The van der Waals surface area contributed by atoms with Crippen molar-refractivity contribution in [3.63, 3.8) is 0 Å². The van der Waals surface area contributed by atoms with Crippen LogP contribution in [0.4, 0.5) is 22.1 Å². The summed E-state index contributed by atoms with van der Waals surface area (Å²) in [5, 5.41) is 11.6. The molecule has 0 saturated carbocycles. The van der Waals surface area contributed by atoms with Crippen molar-refractivity contribution < 1.29 is 13.2 Å². The van der Waals surface area contributed by atoms with Crippen LogP contribution in [0.1, 0.15) is 5.69 Å². The van der Waals surface area contributed by atoms with E-state index in [-0.39, 0.29) is 11.6 Å². The van der Waals surface area contributed by atoms with E-state index in [2.05, 4.69) is 30.8 Å². The second-order valence-electron chi connectivity index (χ2n) is 5.80. The second kappa shape index (κ2) is 7.41. The van der Waals surface area contributed by atoms with Crippen molar-refractivity contribution in [2.24, 2.45) is 0 Å². The summed E-state index contributed by atoms with van der Waals surface area (Å²) >= 11 is 0. The number of nitrogens with zero attached hydrogens (tertiary/aromatic N) is 3. The average molecular weight is 387 g/mol. The van der Waals surface area contributed by atoms with E-state index >= 15 is 0 Å². The Morgan fingerprint density at radius 3 is 2.52 bits per heavy atom. The molecule has 0 fully saturated rings. The largest absolute Gasteiger partial charge is 0.384 e. The van der Waals surface area contributed by atoms with Crippen molar-refractivity contribution in [2.45, 2.75) is 5.75 Å². The van der Waals surface area contributed by atoms with Crippen molar-refractivity contribution in [1.29, 1.82) is 0 Å². The summed E-state index contributed by atoms with van der Waals surface area (Å²) in [6, 6.07) is 9.36. The minimum absolute atomic E-state index is 0.180. The number of benzene rings is 1. The molecular weight excluding hydrogens is 370 g/mol. The van der Waals surface area contributed by atoms with Gasteiger partial charge in [-0.1, -0.05) is 0 Å². The first-order valence-corrected chi connectivity index (χ1v) is 9.83. The van der Waals surface area contributed by atoms with Gasteiger partial charge in [-0.25, -0.2) is 23.2 Å². The van der Waals surface area contributed by atoms with E-state index in [1.54, 1.807) is 30.3 Å². The maximum atomic E-state index is 11.9. The van der Waals surface area contributed by atoms with Crippen LogP contribution in [0.3, 0.4) is 0 Å². The number of carbonyl (C=O) groups excluding carboxylic acids is 1. The van der Waals surface area contributed by atoms with Crippen LogP contribution in [0.2, 0.25) is 0 Å². The molecule has 2 heterocycles. The van der Waals surface area contributed by atoms with Crippen LogP contribution >= 0.6 is 0 Å². The summed E-state index contributed by atoms with van der Waals surface area (Å²) in [4.78, 5) is 20.3. The van der Waals surface area contributed by atoms with Gasteiger partial charge < -0.3 is 11.1 Å². The fourth-order valence-corrected chi connectivity index (χ4v) is 2.99. The van der Waals surface area contributed by atoms with E-state index in [1.807, 2.05) is 0 Å². The predicted octanol–water partition coefficient (Wildman–Crippen LogP) is 1.64. The van der Waals surface area contributed by atoms with Crippen molar-refractivity contribution in [2.75, 3.05) is 22.6 Å². The molecule has 0 bridgehead atoms. The molecular formula is C16H17N7O3S. The summed E-state index contributed by atoms with van der Waals surface area (Å²) in [6.07, 6.45) is 2.65. The quantitative estimate of drug-likeness (QED) is 0.518. The lowest BCUT2D eigenvalue weighted by atomic mass is 10.2. The number of carbonyl (C=O) groups is 1. The Morgan fingerprint density at radius 1 is 1.15 bits per heavy atom. The predicted molar refractivity (Wildman–Crippen MR) is 102 cm³/mol. The first-order chi connectivity index (χ1) is 12.8. The van der Waals surface area contributed by atoms with E-state index in [1.165, 1.54) is 12.3 Å². The van der Waals surface area contributed by atoms with Crippen LogP contribution in [0, 0.1) is 0 Å². The Morgan fingerprint density at radius 2 is 1.89 bits per heavy atom. The third-order valence-electron chi connectivity index (χ3n) is 3.36. The standard InChI is InChI=1S/C16H17N7O3S/c1-27(25,26)9-12-8-13(17)21-15(19-12)10-2-4-11(5-3-10)20-16(24)22-14-6-7-18-23-14/h2-8H,9H2,1H3,(H2,17,19,21)(H3,18,20,22,23,24). The number of aromatic amines is 1. The number of nitrogen functional groups attached to an aromatic ring is 1. The number of nitrogens with two attached hydrogens (primary N) is 1. The number of H-pyrrole nitrogens is 1. The maximum absolute atomic E-state index is 11.9. The molecule has 3 aromatic rings. The van der Waals surface area contributed by atoms with Gasteiger partial charge in [-0.05, 0) is 24.3 Å². The third-order valence-corrected chi connectivity index (χ3v) is 4.18. The van der Waals surface area contributed by atoms with Crippen molar-refractivity contribution in [3.8, 4) is 11.4 Å². The highest BCUT2D eigenvalue weighted by atomic mass is 32.2. The normalized spacial score (nSPS) is 11.1. The van der Waals surface area contributed by atoms with Crippen LogP contribution in [0.15, 0.2) is 42.6 Å². The molecule has 10 nitrogen and oxygen atoms in total. The molecule has 140 valence electrons. The first-order valence-electron chi connectivity index (χ1n) is 7.77. The zero-order chi connectivity index (χ0) is 19.4. The topological polar surface area (TPSA) is 156 Å². The molecule has 0 saturated heterocycles. The Labute approximate surface area is 155 Å². The number of anilines is 3. The number of aromatic nitrogens is 4. The number of sulfone groups is 1. The lowest BCUT2D eigenvalue weighted by Crippen LogP contribution is -2.19. The number of hydrogen-bond acceptors (Lipinski definition) is 7. The van der Waals surface area contributed by atoms with E-state index in [4.69, 9.17) is 5.73 Å². The van der Waals surface area contributed by atoms with Gasteiger partial charge in [-0.15, -0.1) is 0 Å². The lowest BCUT2D eigenvalue weighted by molar-refractivity contribution is 0.262. The first kappa shape index (κ1) is 18.3. The van der Waals surface area contributed by atoms with E-state index in [0.29, 0.717) is 28.6 Å². The average Bonchev–Trinajstić information content (AvgIpc) is 3.06. The molecule has 0 atom stereocenters.